The molecule has 1 aliphatic rings. The van der Waals surface area contributed by atoms with Crippen LogP contribution in [0.3, 0.4) is 0 Å². The molecule has 0 aromatic heterocycles. The topological polar surface area (TPSA) is 116 Å². The lowest BCUT2D eigenvalue weighted by Gasteiger charge is -2.03. The third-order valence-corrected chi connectivity index (χ3v) is 2.98. The van der Waals surface area contributed by atoms with Crippen molar-refractivity contribution in [1.29, 1.82) is 0 Å². The molecule has 0 aromatic rings. The van der Waals surface area contributed by atoms with Gasteiger partial charge in [0.05, 0.1) is 11.5 Å². The van der Waals surface area contributed by atoms with Crippen molar-refractivity contribution in [3.05, 3.63) is 4.91 Å². The maximum absolute atomic E-state index is 11.1. The molecule has 1 rings (SSSR count). The number of carbonyl (C=O) groups is 1. The van der Waals surface area contributed by atoms with Gasteiger partial charge in [-0.15, -0.1) is 5.43 Å². The molecule has 0 saturated carbocycles. The van der Waals surface area contributed by atoms with E-state index < -0.39 is 27.7 Å². The van der Waals surface area contributed by atoms with E-state index in [-0.39, 0.29) is 17.4 Å². The Hall–Kier alpha value is -1.22. The highest BCUT2D eigenvalue weighted by Crippen LogP contribution is 2.04. The maximum Gasteiger partial charge on any atom is 0.439 e. The van der Waals surface area contributed by atoms with Crippen molar-refractivity contribution in [2.75, 3.05) is 18.9 Å². The number of nitrogens with one attached hydrogen (secondary N) is 2. The lowest BCUT2D eigenvalue weighted by atomic mass is 10.3. The van der Waals surface area contributed by atoms with Crippen LogP contribution in [0.15, 0.2) is 0 Å². The summed E-state index contributed by atoms with van der Waals surface area (Å²) in [6.07, 6.45) is 0. The molecule has 80 valence electrons. The highest BCUT2D eigenvalue weighted by Gasteiger charge is 2.47. The SMILES string of the molecule is O=C(NCCO)C1CS(=O)(=O)[N+](=O)N1. The zero-order valence-electron chi connectivity index (χ0n) is 7.13. The monoisotopic (exact) mass is 224 g/mol. The minimum atomic E-state index is -3.90. The molecule has 1 aliphatic heterocycles. The van der Waals surface area contributed by atoms with Crippen LogP contribution in [-0.2, 0) is 14.8 Å². The molecule has 1 saturated heterocycles. The highest BCUT2D eigenvalue weighted by atomic mass is 32.2. The Bertz CT molecular complexity index is 350. The van der Waals surface area contributed by atoms with Crippen LogP contribution >= 0.6 is 0 Å². The van der Waals surface area contributed by atoms with Gasteiger partial charge in [0.1, 0.15) is 0 Å². The first-order valence-electron chi connectivity index (χ1n) is 3.82. The predicted molar refractivity (Wildman–Crippen MR) is 44.4 cm³/mol. The fraction of sp³-hybridized carbons (Fsp3) is 0.800. The Morgan fingerprint density at radius 1 is 1.64 bits per heavy atom. The summed E-state index contributed by atoms with van der Waals surface area (Å²) >= 11 is 0. The molecule has 0 radical (unpaired) electrons. The fourth-order valence-corrected chi connectivity index (χ4v) is 2.03. The van der Waals surface area contributed by atoms with Gasteiger partial charge in [0.25, 0.3) is 0 Å². The first-order chi connectivity index (χ1) is 6.47. The van der Waals surface area contributed by atoms with Crippen LogP contribution in [0.2, 0.25) is 0 Å². The number of aliphatic hydroxyl groups excluding tert-OH is 1. The van der Waals surface area contributed by atoms with Crippen LogP contribution in [0, 0.1) is 4.91 Å². The van der Waals surface area contributed by atoms with Crippen molar-refractivity contribution in [3.63, 3.8) is 0 Å². The molecule has 0 aromatic carbocycles. The van der Waals surface area contributed by atoms with Crippen molar-refractivity contribution >= 4 is 15.9 Å². The van der Waals surface area contributed by atoms with Gasteiger partial charge in [-0.25, -0.2) is 0 Å². The number of aliphatic hydroxyl groups is 1. The van der Waals surface area contributed by atoms with Crippen LogP contribution in [0.25, 0.3) is 0 Å². The lowest BCUT2D eigenvalue weighted by Crippen LogP contribution is -2.44. The molecule has 3 N–H and O–H groups in total. The molecule has 14 heavy (non-hydrogen) atoms. The second-order valence-electron chi connectivity index (χ2n) is 2.70. The van der Waals surface area contributed by atoms with E-state index in [9.17, 15) is 18.1 Å². The van der Waals surface area contributed by atoms with Crippen LogP contribution in [0.4, 0.5) is 0 Å². The summed E-state index contributed by atoms with van der Waals surface area (Å²) in [6, 6.07) is -1.08. The van der Waals surface area contributed by atoms with E-state index in [1.165, 1.54) is 0 Å². The summed E-state index contributed by atoms with van der Waals surface area (Å²) in [6.45, 7) is -0.220. The summed E-state index contributed by atoms with van der Waals surface area (Å²) < 4.78 is 21.4. The fourth-order valence-electron chi connectivity index (χ4n) is 0.960. The lowest BCUT2D eigenvalue weighted by molar-refractivity contribution is -0.451. The average Bonchev–Trinajstić information content (AvgIpc) is 2.37. The Morgan fingerprint density at radius 2 is 2.29 bits per heavy atom. The largest absolute Gasteiger partial charge is 0.439 e. The smallest absolute Gasteiger partial charge is 0.395 e. The molecular formula is C5H10N3O5S+. The van der Waals surface area contributed by atoms with Crippen LogP contribution in [0.1, 0.15) is 0 Å². The second-order valence-corrected chi connectivity index (χ2v) is 4.53. The summed E-state index contributed by atoms with van der Waals surface area (Å²) in [5.74, 6) is -1.19. The first-order valence-corrected chi connectivity index (χ1v) is 5.43. The van der Waals surface area contributed by atoms with Crippen molar-refractivity contribution in [2.45, 2.75) is 6.04 Å². The number of nitroso groups, excluding NO2 is 1. The maximum atomic E-state index is 11.1. The van der Waals surface area contributed by atoms with Gasteiger partial charge >= 0.3 is 10.0 Å². The van der Waals surface area contributed by atoms with Crippen LogP contribution in [-0.4, -0.2) is 48.7 Å². The number of sulfonamides is 1. The minimum Gasteiger partial charge on any atom is -0.395 e. The van der Waals surface area contributed by atoms with Gasteiger partial charge in [0.15, 0.2) is 11.8 Å². The van der Waals surface area contributed by atoms with E-state index in [1.54, 1.807) is 0 Å². The van der Waals surface area contributed by atoms with E-state index in [2.05, 4.69) is 5.32 Å². The summed E-state index contributed by atoms with van der Waals surface area (Å²) in [5, 5.41) is 10.6. The van der Waals surface area contributed by atoms with Crippen molar-refractivity contribution in [3.8, 4) is 0 Å². The number of hydrogen-bond donors (Lipinski definition) is 3. The van der Waals surface area contributed by atoms with E-state index >= 15 is 0 Å². The van der Waals surface area contributed by atoms with Gasteiger partial charge in [0.2, 0.25) is 10.2 Å². The molecule has 9 heteroatoms. The molecule has 0 spiro atoms. The van der Waals surface area contributed by atoms with Gasteiger partial charge in [-0.3, -0.25) is 4.79 Å². The standard InChI is InChI=1S/C5H9N3O5S/c9-2-1-6-5(10)4-3-14(12,13)8(11)7-4/h4,9H,1-3H2,(H-,6,7,10,11)/p+1. The first kappa shape index (κ1) is 10.9. The number of amides is 1. The normalized spacial score (nSPS) is 24.4. The molecule has 1 fully saturated rings. The third-order valence-electron chi connectivity index (χ3n) is 1.62. The summed E-state index contributed by atoms with van der Waals surface area (Å²) in [7, 11) is -3.90. The quantitative estimate of drug-likeness (QED) is 0.443. The Morgan fingerprint density at radius 3 is 2.71 bits per heavy atom. The molecule has 1 unspecified atom stereocenters. The van der Waals surface area contributed by atoms with Crippen molar-refractivity contribution < 1.29 is 22.6 Å². The Kier molecular flexibility index (Phi) is 3.01. The molecule has 8 nitrogen and oxygen atoms in total. The van der Waals surface area contributed by atoms with E-state index in [1.807, 2.05) is 5.43 Å². The highest BCUT2D eigenvalue weighted by molar-refractivity contribution is 7.85. The number of hydrazine groups is 1. The number of rotatable bonds is 3. The van der Waals surface area contributed by atoms with E-state index in [0.29, 0.717) is 0 Å². The Balaban J connectivity index is 2.58. The van der Waals surface area contributed by atoms with Gasteiger partial charge < -0.3 is 10.4 Å². The van der Waals surface area contributed by atoms with Crippen molar-refractivity contribution in [1.82, 2.24) is 10.7 Å². The number of nitrogens with zero attached hydrogens (tertiary/aromatic N) is 1. The number of hydrogen-bond acceptors (Lipinski definition) is 5. The molecule has 1 amide bonds. The minimum absolute atomic E-state index is 0.0237. The van der Waals surface area contributed by atoms with Gasteiger partial charge in [-0.05, 0) is 0 Å². The van der Waals surface area contributed by atoms with E-state index in [4.69, 9.17) is 5.11 Å². The van der Waals surface area contributed by atoms with Gasteiger partial charge in [0, 0.05) is 6.54 Å². The van der Waals surface area contributed by atoms with Gasteiger partial charge in [-0.1, -0.05) is 0 Å². The van der Waals surface area contributed by atoms with Gasteiger partial charge in [-0.2, -0.15) is 8.42 Å². The Labute approximate surface area is 79.9 Å². The van der Waals surface area contributed by atoms with Crippen LogP contribution in [0.5, 0.6) is 0 Å². The second kappa shape index (κ2) is 3.88. The average molecular weight is 224 g/mol. The van der Waals surface area contributed by atoms with Crippen molar-refractivity contribution in [2.24, 2.45) is 0 Å². The predicted octanol–water partition coefficient (Wildman–Crippen LogP) is -2.91. The molecular weight excluding hydrogens is 214 g/mol. The molecule has 0 aliphatic carbocycles. The zero-order valence-corrected chi connectivity index (χ0v) is 7.95. The third kappa shape index (κ3) is 2.17. The zero-order chi connectivity index (χ0) is 10.8. The summed E-state index contributed by atoms with van der Waals surface area (Å²) in [5.41, 5.74) is 1.95. The number of carbonyl (C=O) groups excluding carboxylic acids is 1. The molecule has 0 bridgehead atoms. The van der Waals surface area contributed by atoms with Crippen LogP contribution < -0.4 is 10.7 Å². The summed E-state index contributed by atoms with van der Waals surface area (Å²) in [4.78, 5) is 21.8. The molecule has 1 atom stereocenters. The van der Waals surface area contributed by atoms with E-state index in [0.717, 1.165) is 0 Å². The molecule has 1 heterocycles.